The van der Waals surface area contributed by atoms with Crippen molar-refractivity contribution in [2.45, 2.75) is 75.5 Å². The van der Waals surface area contributed by atoms with Gasteiger partial charge in [-0.25, -0.2) is 0 Å². The van der Waals surface area contributed by atoms with Gasteiger partial charge >= 0.3 is 0 Å². The lowest BCUT2D eigenvalue weighted by atomic mass is 9.37. The molecular formula is C27H35NO3. The normalized spacial score (nSPS) is 50.3. The van der Waals surface area contributed by atoms with Crippen LogP contribution in [0.4, 0.5) is 0 Å². The summed E-state index contributed by atoms with van der Waals surface area (Å²) in [6, 6.07) is 4.80. The van der Waals surface area contributed by atoms with E-state index in [1.54, 1.807) is 0 Å². The van der Waals surface area contributed by atoms with E-state index in [0.29, 0.717) is 29.5 Å². The Morgan fingerprint density at radius 1 is 1.26 bits per heavy atom. The number of piperidine rings is 1. The molecule has 0 amide bonds. The molecule has 0 aromatic heterocycles. The summed E-state index contributed by atoms with van der Waals surface area (Å²) in [4.78, 5) is 2.95. The molecule has 1 aromatic carbocycles. The summed E-state index contributed by atoms with van der Waals surface area (Å²) < 4.78 is 13.5. The first-order valence-corrected chi connectivity index (χ1v) is 12.8. The van der Waals surface area contributed by atoms with Gasteiger partial charge in [0, 0.05) is 37.2 Å². The molecule has 31 heavy (non-hydrogen) atoms. The van der Waals surface area contributed by atoms with Crippen LogP contribution in [-0.2, 0) is 16.6 Å². The highest BCUT2D eigenvalue weighted by Gasteiger charge is 2.87. The van der Waals surface area contributed by atoms with Crippen LogP contribution in [0.15, 0.2) is 12.1 Å². The number of likely N-dealkylation sites (tertiary alicyclic amines) is 1. The Balaban J connectivity index is 1.41. The third kappa shape index (κ3) is 1.68. The van der Waals surface area contributed by atoms with Crippen molar-refractivity contribution in [3.8, 4) is 11.5 Å². The predicted octanol–water partition coefficient (Wildman–Crippen LogP) is 4.13. The zero-order chi connectivity index (χ0) is 20.9. The number of hydrogen-bond acceptors (Lipinski definition) is 4. The average Bonchev–Trinajstić information content (AvgIpc) is 3.33. The van der Waals surface area contributed by atoms with Crippen LogP contribution in [-0.4, -0.2) is 48.0 Å². The van der Waals surface area contributed by atoms with Crippen molar-refractivity contribution in [2.24, 2.45) is 35.0 Å². The molecule has 4 nitrogen and oxygen atoms in total. The topological polar surface area (TPSA) is 41.9 Å². The molecule has 6 unspecified atom stereocenters. The third-order valence-electron chi connectivity index (χ3n) is 11.5. The quantitative estimate of drug-likeness (QED) is 0.794. The SMILES string of the molecule is CO[C@@]12CCC3(C[C@@H]1C(C)C)C1C4Cc5ccc(O)c6c5C3(C4CN1CC1CC1)C2O6. The predicted molar refractivity (Wildman–Crippen MR) is 117 cm³/mol. The van der Waals surface area contributed by atoms with Crippen molar-refractivity contribution in [3.63, 3.8) is 0 Å². The van der Waals surface area contributed by atoms with Crippen LogP contribution in [0.3, 0.4) is 0 Å². The Labute approximate surface area is 185 Å². The van der Waals surface area contributed by atoms with Gasteiger partial charge in [0.15, 0.2) is 11.5 Å². The second kappa shape index (κ2) is 5.28. The second-order valence-corrected chi connectivity index (χ2v) is 12.5. The first-order valence-electron chi connectivity index (χ1n) is 12.8. The second-order valence-electron chi connectivity index (χ2n) is 12.5. The lowest BCUT2D eigenvalue weighted by Crippen LogP contribution is -2.78. The number of phenolic OH excluding ortho intramolecular Hbond substituents is 1. The minimum Gasteiger partial charge on any atom is -0.504 e. The maximum Gasteiger partial charge on any atom is 0.165 e. The van der Waals surface area contributed by atoms with Crippen molar-refractivity contribution in [3.05, 3.63) is 23.3 Å². The third-order valence-corrected chi connectivity index (χ3v) is 11.5. The maximum atomic E-state index is 10.9. The number of methoxy groups -OCH3 is 1. The Bertz CT molecular complexity index is 1000. The largest absolute Gasteiger partial charge is 0.504 e. The van der Waals surface area contributed by atoms with Crippen molar-refractivity contribution < 1.29 is 14.6 Å². The molecule has 2 heterocycles. The molecule has 9 rings (SSSR count). The maximum absolute atomic E-state index is 10.9. The Hall–Kier alpha value is -1.26. The number of aromatic hydroxyl groups is 1. The molecule has 1 saturated heterocycles. The number of fused-ring (bicyclic) bond motifs is 2. The first kappa shape index (κ1) is 18.2. The summed E-state index contributed by atoms with van der Waals surface area (Å²) in [7, 11) is 1.93. The Morgan fingerprint density at radius 3 is 2.84 bits per heavy atom. The Kier molecular flexibility index (Phi) is 3.10. The van der Waals surface area contributed by atoms with Gasteiger partial charge in [0.25, 0.3) is 0 Å². The molecule has 0 radical (unpaired) electrons. The fourth-order valence-corrected chi connectivity index (χ4v) is 10.6. The van der Waals surface area contributed by atoms with E-state index in [2.05, 4.69) is 24.8 Å². The van der Waals surface area contributed by atoms with Crippen LogP contribution in [0.5, 0.6) is 11.5 Å². The number of ether oxygens (including phenoxy) is 2. The molecule has 2 aliphatic heterocycles. The number of phenols is 1. The lowest BCUT2D eigenvalue weighted by Gasteiger charge is -2.70. The van der Waals surface area contributed by atoms with Gasteiger partial charge in [-0.05, 0) is 79.7 Å². The van der Waals surface area contributed by atoms with E-state index in [9.17, 15) is 5.11 Å². The van der Waals surface area contributed by atoms with Gasteiger partial charge in [0.05, 0.1) is 5.41 Å². The van der Waals surface area contributed by atoms with Gasteiger partial charge in [-0.2, -0.15) is 0 Å². The van der Waals surface area contributed by atoms with E-state index in [0.717, 1.165) is 24.0 Å². The summed E-state index contributed by atoms with van der Waals surface area (Å²) in [5, 5.41) is 10.9. The van der Waals surface area contributed by atoms with Crippen LogP contribution >= 0.6 is 0 Å². The molecule has 8 atom stereocenters. The summed E-state index contributed by atoms with van der Waals surface area (Å²) in [6.07, 6.45) is 7.73. The van der Waals surface area contributed by atoms with E-state index in [-0.39, 0.29) is 22.5 Å². The molecule has 4 heteroatoms. The minimum absolute atomic E-state index is 0.0453. The van der Waals surface area contributed by atoms with Crippen LogP contribution < -0.4 is 4.74 Å². The minimum atomic E-state index is -0.230. The number of nitrogens with zero attached hydrogens (tertiary/aromatic N) is 1. The molecule has 6 bridgehead atoms. The van der Waals surface area contributed by atoms with E-state index in [1.807, 2.05) is 13.2 Å². The molecule has 1 N–H and O–H groups in total. The molecular weight excluding hydrogens is 386 g/mol. The summed E-state index contributed by atoms with van der Waals surface area (Å²) in [6.45, 7) is 7.33. The van der Waals surface area contributed by atoms with Crippen LogP contribution in [0.1, 0.15) is 57.1 Å². The van der Waals surface area contributed by atoms with Crippen molar-refractivity contribution >= 4 is 0 Å². The van der Waals surface area contributed by atoms with Gasteiger partial charge in [-0.15, -0.1) is 0 Å². The Morgan fingerprint density at radius 2 is 2.10 bits per heavy atom. The standard InChI is InChI=1S/C27H35NO3/c1-14(2)18-11-25-8-9-26(18,30-3)24-27(25)19-13-28(12-15-4-5-15)23(25)17(19)10-16-6-7-20(29)22(31-24)21(16)27/h6-7,14-15,17-19,23-24,29H,4-5,8-13H2,1-3H3/t17?,18-,19?,23?,24?,25?,26+,27?/m1/s1. The molecule has 166 valence electrons. The zero-order valence-corrected chi connectivity index (χ0v) is 19.1. The molecule has 6 aliphatic carbocycles. The highest BCUT2D eigenvalue weighted by atomic mass is 16.6. The van der Waals surface area contributed by atoms with E-state index >= 15 is 0 Å². The number of hydrogen-bond donors (Lipinski definition) is 1. The molecule has 5 saturated carbocycles. The molecule has 1 aromatic rings. The summed E-state index contributed by atoms with van der Waals surface area (Å²) in [5.41, 5.74) is 2.97. The van der Waals surface area contributed by atoms with Gasteiger partial charge in [0.1, 0.15) is 11.7 Å². The first-order chi connectivity index (χ1) is 15.0. The summed E-state index contributed by atoms with van der Waals surface area (Å²) in [5.74, 6) is 4.60. The van der Waals surface area contributed by atoms with Gasteiger partial charge in [-0.3, -0.25) is 4.90 Å². The molecule has 2 spiro atoms. The summed E-state index contributed by atoms with van der Waals surface area (Å²) >= 11 is 0. The molecule has 6 fully saturated rings. The fraction of sp³-hybridized carbons (Fsp3) is 0.778. The highest BCUT2D eigenvalue weighted by molar-refractivity contribution is 5.65. The zero-order valence-electron chi connectivity index (χ0n) is 19.1. The smallest absolute Gasteiger partial charge is 0.165 e. The monoisotopic (exact) mass is 421 g/mol. The highest BCUT2D eigenvalue weighted by Crippen LogP contribution is 2.83. The number of benzene rings is 1. The van der Waals surface area contributed by atoms with Gasteiger partial charge in [-0.1, -0.05) is 19.9 Å². The van der Waals surface area contributed by atoms with E-state index in [4.69, 9.17) is 9.47 Å². The van der Waals surface area contributed by atoms with Gasteiger partial charge < -0.3 is 14.6 Å². The van der Waals surface area contributed by atoms with E-state index in [1.165, 1.54) is 56.3 Å². The average molecular weight is 422 g/mol. The van der Waals surface area contributed by atoms with E-state index < -0.39 is 0 Å². The van der Waals surface area contributed by atoms with Crippen molar-refractivity contribution in [1.82, 2.24) is 4.90 Å². The molecule has 8 aliphatic rings. The lowest BCUT2D eigenvalue weighted by molar-refractivity contribution is -0.270. The van der Waals surface area contributed by atoms with Crippen molar-refractivity contribution in [2.75, 3.05) is 20.2 Å². The van der Waals surface area contributed by atoms with Crippen molar-refractivity contribution in [1.29, 1.82) is 0 Å². The fourth-order valence-electron chi connectivity index (χ4n) is 10.6. The number of rotatable bonds is 4. The van der Waals surface area contributed by atoms with Crippen LogP contribution in [0.25, 0.3) is 0 Å². The van der Waals surface area contributed by atoms with Gasteiger partial charge in [0.2, 0.25) is 0 Å². The van der Waals surface area contributed by atoms with Crippen LogP contribution in [0, 0.1) is 35.0 Å². The van der Waals surface area contributed by atoms with Crippen LogP contribution in [0.2, 0.25) is 0 Å².